The summed E-state index contributed by atoms with van der Waals surface area (Å²) in [5.41, 5.74) is 0. The monoisotopic (exact) mass is 398 g/mol. The van der Waals surface area contributed by atoms with Gasteiger partial charge in [0.25, 0.3) is 5.91 Å². The molecule has 1 saturated heterocycles. The second kappa shape index (κ2) is 7.46. The second-order valence-electron chi connectivity index (χ2n) is 9.20. The van der Waals surface area contributed by atoms with Gasteiger partial charge in [0, 0.05) is 38.1 Å². The fourth-order valence-corrected chi connectivity index (χ4v) is 5.58. The van der Waals surface area contributed by atoms with E-state index < -0.39 is 0 Å². The van der Waals surface area contributed by atoms with Gasteiger partial charge < -0.3 is 15.5 Å². The molecule has 29 heavy (non-hydrogen) atoms. The number of hydrogen-bond acceptors (Lipinski definition) is 5. The number of fused-ring (bicyclic) bond motifs is 3. The molecule has 1 unspecified atom stereocenters. The van der Waals surface area contributed by atoms with Crippen molar-refractivity contribution in [2.24, 2.45) is 23.7 Å². The molecule has 5 rings (SSSR count). The minimum absolute atomic E-state index is 0.0609. The van der Waals surface area contributed by atoms with Gasteiger partial charge in [-0.1, -0.05) is 6.08 Å². The Balaban J connectivity index is 1.19. The van der Waals surface area contributed by atoms with Gasteiger partial charge in [-0.3, -0.25) is 9.59 Å². The zero-order chi connectivity index (χ0) is 20.0. The van der Waals surface area contributed by atoms with Gasteiger partial charge in [0.05, 0.1) is 0 Å². The standard InChI is InChI=1S/C21H30N6O2/c1-2-15-4-5-17(15)19(28)23-16-9-13-8-14(10-16)12-26(11-13)20(29)18-24-21-22-6-3-7-27(21)25-18/h2,13-17H,1,3-12H2,(H,23,28)(H,22,24,25)/t13-,14+,15-,16?,17-/m1/s1. The van der Waals surface area contributed by atoms with Gasteiger partial charge in [-0.05, 0) is 56.3 Å². The fourth-order valence-electron chi connectivity index (χ4n) is 5.58. The number of hydrogen-bond donors (Lipinski definition) is 2. The lowest BCUT2D eigenvalue weighted by molar-refractivity contribution is -0.130. The van der Waals surface area contributed by atoms with Crippen molar-refractivity contribution in [1.82, 2.24) is 25.0 Å². The van der Waals surface area contributed by atoms with Crippen molar-refractivity contribution in [1.29, 1.82) is 0 Å². The van der Waals surface area contributed by atoms with Crippen LogP contribution in [0.2, 0.25) is 0 Å². The maximum Gasteiger partial charge on any atom is 0.293 e. The van der Waals surface area contributed by atoms with Crippen LogP contribution < -0.4 is 10.6 Å². The van der Waals surface area contributed by atoms with E-state index in [9.17, 15) is 9.59 Å². The van der Waals surface area contributed by atoms with Crippen LogP contribution in [0.15, 0.2) is 12.7 Å². The molecular formula is C21H30N6O2. The number of carbonyl (C=O) groups excluding carboxylic acids is 2. The third-order valence-corrected chi connectivity index (χ3v) is 7.15. The molecule has 2 amide bonds. The maximum absolute atomic E-state index is 13.0. The smallest absolute Gasteiger partial charge is 0.293 e. The number of allylic oxidation sites excluding steroid dienone is 1. The molecule has 5 atom stereocenters. The fraction of sp³-hybridized carbons (Fsp3) is 0.714. The average Bonchev–Trinajstić information content (AvgIpc) is 3.10. The summed E-state index contributed by atoms with van der Waals surface area (Å²) in [6.07, 6.45) is 8.02. The van der Waals surface area contributed by atoms with Crippen LogP contribution in [-0.4, -0.2) is 57.2 Å². The Morgan fingerprint density at radius 1 is 1.17 bits per heavy atom. The Labute approximate surface area is 171 Å². The summed E-state index contributed by atoms with van der Waals surface area (Å²) in [5, 5.41) is 10.9. The number of rotatable bonds is 4. The molecule has 3 fully saturated rings. The first-order valence-electron chi connectivity index (χ1n) is 11.0. The van der Waals surface area contributed by atoms with Crippen LogP contribution in [0.3, 0.4) is 0 Å². The first-order chi connectivity index (χ1) is 14.1. The SMILES string of the molecule is C=C[C@@H]1CC[C@H]1C(=O)NC1C[C@@H]2C[C@H](C1)CN(C(=O)c1nc3n(n1)CCCN3)C2. The normalized spacial score (nSPS) is 33.1. The largest absolute Gasteiger partial charge is 0.354 e. The first-order valence-corrected chi connectivity index (χ1v) is 11.0. The highest BCUT2D eigenvalue weighted by Crippen LogP contribution is 2.38. The van der Waals surface area contributed by atoms with Gasteiger partial charge in [-0.25, -0.2) is 4.68 Å². The lowest BCUT2D eigenvalue weighted by Crippen LogP contribution is -2.53. The Morgan fingerprint density at radius 3 is 2.62 bits per heavy atom. The molecule has 0 aromatic carbocycles. The van der Waals surface area contributed by atoms with E-state index in [0.717, 1.165) is 64.7 Å². The van der Waals surface area contributed by atoms with E-state index in [2.05, 4.69) is 27.3 Å². The van der Waals surface area contributed by atoms with Crippen LogP contribution in [0.25, 0.3) is 0 Å². The summed E-state index contributed by atoms with van der Waals surface area (Å²) in [6.45, 7) is 7.00. The Morgan fingerprint density at radius 2 is 1.97 bits per heavy atom. The summed E-state index contributed by atoms with van der Waals surface area (Å²) in [7, 11) is 0. The van der Waals surface area contributed by atoms with Gasteiger partial charge >= 0.3 is 0 Å². The molecule has 0 spiro atoms. The quantitative estimate of drug-likeness (QED) is 0.753. The number of piperidine rings is 1. The van der Waals surface area contributed by atoms with Crippen LogP contribution in [0.1, 0.15) is 49.1 Å². The van der Waals surface area contributed by atoms with Crippen LogP contribution in [0.4, 0.5) is 5.95 Å². The Hall–Kier alpha value is -2.38. The number of nitrogens with one attached hydrogen (secondary N) is 2. The van der Waals surface area contributed by atoms with Crippen LogP contribution in [0.5, 0.6) is 0 Å². The van der Waals surface area contributed by atoms with E-state index >= 15 is 0 Å². The highest BCUT2D eigenvalue weighted by molar-refractivity contribution is 5.91. The molecule has 2 N–H and O–H groups in total. The molecule has 8 heteroatoms. The minimum Gasteiger partial charge on any atom is -0.354 e. The van der Waals surface area contributed by atoms with Crippen molar-refractivity contribution in [3.8, 4) is 0 Å². The van der Waals surface area contributed by atoms with Gasteiger partial charge in [0.1, 0.15) is 0 Å². The molecule has 4 aliphatic rings. The third-order valence-electron chi connectivity index (χ3n) is 7.15. The summed E-state index contributed by atoms with van der Waals surface area (Å²) < 4.78 is 1.80. The number of likely N-dealkylation sites (tertiary alicyclic amines) is 1. The molecule has 2 saturated carbocycles. The maximum atomic E-state index is 13.0. The van der Waals surface area contributed by atoms with Crippen LogP contribution in [0, 0.1) is 23.7 Å². The van der Waals surface area contributed by atoms with E-state index in [0.29, 0.717) is 29.5 Å². The number of aryl methyl sites for hydroxylation is 1. The summed E-state index contributed by atoms with van der Waals surface area (Å²) in [5.74, 6) is 2.46. The Bertz CT molecular complexity index is 783. The van der Waals surface area contributed by atoms with Crippen molar-refractivity contribution < 1.29 is 9.59 Å². The minimum atomic E-state index is -0.0609. The highest BCUT2D eigenvalue weighted by Gasteiger charge is 2.40. The number of amides is 2. The molecule has 2 aliphatic heterocycles. The molecule has 1 aromatic rings. The van der Waals surface area contributed by atoms with E-state index in [1.165, 1.54) is 0 Å². The molecule has 156 valence electrons. The summed E-state index contributed by atoms with van der Waals surface area (Å²) in [4.78, 5) is 31.9. The van der Waals surface area contributed by atoms with Crippen molar-refractivity contribution in [2.45, 2.75) is 51.1 Å². The summed E-state index contributed by atoms with van der Waals surface area (Å²) >= 11 is 0. The Kier molecular flexibility index (Phi) is 4.80. The molecule has 2 bridgehead atoms. The number of carbonyl (C=O) groups is 2. The van der Waals surface area contributed by atoms with Crippen molar-refractivity contribution >= 4 is 17.8 Å². The molecule has 8 nitrogen and oxygen atoms in total. The molecule has 3 heterocycles. The molecule has 1 aromatic heterocycles. The predicted molar refractivity (Wildman–Crippen MR) is 108 cm³/mol. The second-order valence-corrected chi connectivity index (χ2v) is 9.20. The zero-order valence-electron chi connectivity index (χ0n) is 16.8. The lowest BCUT2D eigenvalue weighted by atomic mass is 9.72. The van der Waals surface area contributed by atoms with Crippen LogP contribution in [-0.2, 0) is 11.3 Å². The zero-order valence-corrected chi connectivity index (χ0v) is 16.8. The van der Waals surface area contributed by atoms with Crippen LogP contribution >= 0.6 is 0 Å². The van der Waals surface area contributed by atoms with Crippen molar-refractivity contribution in [2.75, 3.05) is 25.0 Å². The number of anilines is 1. The van der Waals surface area contributed by atoms with Crippen molar-refractivity contribution in [3.05, 3.63) is 18.5 Å². The van der Waals surface area contributed by atoms with Crippen molar-refractivity contribution in [3.63, 3.8) is 0 Å². The highest BCUT2D eigenvalue weighted by atomic mass is 16.2. The third kappa shape index (κ3) is 3.53. The predicted octanol–water partition coefficient (Wildman–Crippen LogP) is 1.66. The van der Waals surface area contributed by atoms with E-state index in [1.807, 2.05) is 11.0 Å². The van der Waals surface area contributed by atoms with Gasteiger partial charge in [0.2, 0.25) is 17.7 Å². The topological polar surface area (TPSA) is 92.2 Å². The molecular weight excluding hydrogens is 368 g/mol. The van der Waals surface area contributed by atoms with Gasteiger partial charge in [0.15, 0.2) is 0 Å². The van der Waals surface area contributed by atoms with E-state index in [1.54, 1.807) is 4.68 Å². The van der Waals surface area contributed by atoms with E-state index in [-0.39, 0.29) is 23.8 Å². The lowest BCUT2D eigenvalue weighted by Gasteiger charge is -2.44. The first kappa shape index (κ1) is 18.6. The van der Waals surface area contributed by atoms with E-state index in [4.69, 9.17) is 0 Å². The van der Waals surface area contributed by atoms with Gasteiger partial charge in [-0.15, -0.1) is 11.7 Å². The average molecular weight is 399 g/mol. The summed E-state index contributed by atoms with van der Waals surface area (Å²) in [6, 6.07) is 0.233. The molecule has 2 aliphatic carbocycles. The number of nitrogens with zero attached hydrogens (tertiary/aromatic N) is 4. The number of aromatic nitrogens is 3. The molecule has 0 radical (unpaired) electrons. The van der Waals surface area contributed by atoms with Gasteiger partial charge in [-0.2, -0.15) is 4.98 Å².